The van der Waals surface area contributed by atoms with Gasteiger partial charge in [-0.2, -0.15) is 0 Å². The largest absolute Gasteiger partial charge is 0.504 e. The van der Waals surface area contributed by atoms with Gasteiger partial charge in [0.25, 0.3) is 11.6 Å². The van der Waals surface area contributed by atoms with Crippen LogP contribution in [0.15, 0.2) is 36.4 Å². The summed E-state index contributed by atoms with van der Waals surface area (Å²) in [7, 11) is 1.45. The van der Waals surface area contributed by atoms with Gasteiger partial charge in [0.15, 0.2) is 11.5 Å². The van der Waals surface area contributed by atoms with Crippen molar-refractivity contribution in [2.45, 2.75) is 13.5 Å². The van der Waals surface area contributed by atoms with E-state index >= 15 is 0 Å². The van der Waals surface area contributed by atoms with E-state index < -0.39 is 10.8 Å². The Kier molecular flexibility index (Phi) is 4.80. The summed E-state index contributed by atoms with van der Waals surface area (Å²) in [6, 6.07) is 9.14. The molecule has 0 radical (unpaired) electrons. The molecule has 2 N–H and O–H groups in total. The first-order chi connectivity index (χ1) is 10.9. The highest BCUT2D eigenvalue weighted by atomic mass is 16.6. The van der Waals surface area contributed by atoms with Gasteiger partial charge in [0.1, 0.15) is 0 Å². The van der Waals surface area contributed by atoms with Crippen LogP contribution in [0.5, 0.6) is 11.5 Å². The number of aromatic hydroxyl groups is 1. The molecule has 0 aromatic heterocycles. The molecule has 7 heteroatoms. The minimum atomic E-state index is -0.520. The molecule has 7 nitrogen and oxygen atoms in total. The number of hydrogen-bond acceptors (Lipinski definition) is 5. The summed E-state index contributed by atoms with van der Waals surface area (Å²) in [6.45, 7) is 1.71. The summed E-state index contributed by atoms with van der Waals surface area (Å²) < 4.78 is 4.95. The maximum absolute atomic E-state index is 12.2. The number of nitrogens with zero attached hydrogens (tertiary/aromatic N) is 1. The number of methoxy groups -OCH3 is 1. The van der Waals surface area contributed by atoms with Gasteiger partial charge in [-0.1, -0.05) is 12.1 Å². The van der Waals surface area contributed by atoms with Gasteiger partial charge >= 0.3 is 0 Å². The first-order valence-corrected chi connectivity index (χ1v) is 6.82. The number of benzene rings is 2. The number of ether oxygens (including phenoxy) is 1. The lowest BCUT2D eigenvalue weighted by molar-refractivity contribution is -0.385. The Morgan fingerprint density at radius 2 is 2.09 bits per heavy atom. The Hall–Kier alpha value is -3.09. The number of carbonyl (C=O) groups is 1. The topological polar surface area (TPSA) is 102 Å². The van der Waals surface area contributed by atoms with Crippen molar-refractivity contribution in [2.75, 3.05) is 7.11 Å². The Morgan fingerprint density at radius 1 is 1.35 bits per heavy atom. The van der Waals surface area contributed by atoms with Crippen molar-refractivity contribution in [1.82, 2.24) is 5.32 Å². The van der Waals surface area contributed by atoms with Crippen molar-refractivity contribution in [1.29, 1.82) is 0 Å². The quantitative estimate of drug-likeness (QED) is 0.652. The van der Waals surface area contributed by atoms with Crippen molar-refractivity contribution < 1.29 is 19.6 Å². The second kappa shape index (κ2) is 6.78. The summed E-state index contributed by atoms with van der Waals surface area (Å²) in [5, 5.41) is 23.3. The fraction of sp³-hybridized carbons (Fsp3) is 0.188. The third-order valence-corrected chi connectivity index (χ3v) is 3.44. The molecule has 0 aliphatic carbocycles. The van der Waals surface area contributed by atoms with E-state index in [9.17, 15) is 20.0 Å². The third kappa shape index (κ3) is 3.57. The molecule has 0 saturated heterocycles. The van der Waals surface area contributed by atoms with Gasteiger partial charge in [-0.15, -0.1) is 0 Å². The molecular weight excluding hydrogens is 300 g/mol. The van der Waals surface area contributed by atoms with Crippen LogP contribution in [0.25, 0.3) is 0 Å². The normalized spacial score (nSPS) is 10.2. The first-order valence-electron chi connectivity index (χ1n) is 6.82. The predicted molar refractivity (Wildman–Crippen MR) is 83.7 cm³/mol. The van der Waals surface area contributed by atoms with Crippen LogP contribution in [0.2, 0.25) is 0 Å². The van der Waals surface area contributed by atoms with Gasteiger partial charge in [-0.3, -0.25) is 14.9 Å². The van der Waals surface area contributed by atoms with Crippen LogP contribution < -0.4 is 10.1 Å². The Bertz CT molecular complexity index is 758. The van der Waals surface area contributed by atoms with Crippen molar-refractivity contribution in [3.63, 3.8) is 0 Å². The van der Waals surface area contributed by atoms with Crippen LogP contribution in [0.4, 0.5) is 5.69 Å². The number of nitro groups is 1. The second-order valence-electron chi connectivity index (χ2n) is 4.90. The van der Waals surface area contributed by atoms with Gasteiger partial charge in [0.2, 0.25) is 0 Å². The lowest BCUT2D eigenvalue weighted by atomic mass is 10.1. The molecule has 0 saturated carbocycles. The average Bonchev–Trinajstić information content (AvgIpc) is 2.52. The zero-order valence-electron chi connectivity index (χ0n) is 12.7. The molecule has 0 unspecified atom stereocenters. The van der Waals surface area contributed by atoms with Gasteiger partial charge in [-0.05, 0) is 30.7 Å². The molecule has 2 aromatic rings. The number of nitro benzene ring substituents is 1. The number of amides is 1. The number of nitrogens with one attached hydrogen (secondary N) is 1. The van der Waals surface area contributed by atoms with Crippen LogP contribution >= 0.6 is 0 Å². The van der Waals surface area contributed by atoms with Crippen LogP contribution in [-0.4, -0.2) is 23.0 Å². The number of phenolic OH excluding ortho intramolecular Hbond substituents is 1. The molecule has 0 heterocycles. The number of carbonyl (C=O) groups excluding carboxylic acids is 1. The molecule has 0 aliphatic heterocycles. The molecule has 2 rings (SSSR count). The van der Waals surface area contributed by atoms with E-state index in [1.807, 2.05) is 0 Å². The standard InChI is InChI=1S/C16H16N2O5/c1-10-12(4-3-5-13(10)18(21)22)16(20)17-9-11-6-7-15(23-2)14(19)8-11/h3-8,19H,9H2,1-2H3,(H,17,20). The SMILES string of the molecule is COc1ccc(CNC(=O)c2cccc([N+](=O)[O-])c2C)cc1O. The van der Waals surface area contributed by atoms with E-state index in [2.05, 4.69) is 5.32 Å². The van der Waals surface area contributed by atoms with E-state index in [4.69, 9.17) is 4.74 Å². The molecule has 0 aliphatic rings. The molecule has 0 bridgehead atoms. The van der Waals surface area contributed by atoms with Crippen molar-refractivity contribution >= 4 is 11.6 Å². The van der Waals surface area contributed by atoms with Crippen LogP contribution in [-0.2, 0) is 6.54 Å². The zero-order valence-corrected chi connectivity index (χ0v) is 12.7. The number of phenols is 1. The fourth-order valence-corrected chi connectivity index (χ4v) is 2.19. The van der Waals surface area contributed by atoms with Crippen LogP contribution in [0.3, 0.4) is 0 Å². The summed E-state index contributed by atoms with van der Waals surface area (Å²) in [5.74, 6) is -0.0955. The zero-order chi connectivity index (χ0) is 17.0. The number of hydrogen-bond donors (Lipinski definition) is 2. The Labute approximate surface area is 132 Å². The molecule has 120 valence electrons. The van der Waals surface area contributed by atoms with Gasteiger partial charge in [0.05, 0.1) is 12.0 Å². The maximum Gasteiger partial charge on any atom is 0.273 e. The predicted octanol–water partition coefficient (Wildman–Crippen LogP) is 2.55. The fourth-order valence-electron chi connectivity index (χ4n) is 2.19. The van der Waals surface area contributed by atoms with Gasteiger partial charge in [-0.25, -0.2) is 0 Å². The van der Waals surface area contributed by atoms with Crippen molar-refractivity contribution in [3.8, 4) is 11.5 Å². The number of rotatable bonds is 5. The third-order valence-electron chi connectivity index (χ3n) is 3.44. The highest BCUT2D eigenvalue weighted by molar-refractivity contribution is 5.96. The molecule has 0 fully saturated rings. The van der Waals surface area contributed by atoms with E-state index in [0.29, 0.717) is 16.9 Å². The molecule has 23 heavy (non-hydrogen) atoms. The van der Waals surface area contributed by atoms with E-state index in [1.54, 1.807) is 12.1 Å². The van der Waals surface area contributed by atoms with Crippen molar-refractivity contribution in [2.24, 2.45) is 0 Å². The monoisotopic (exact) mass is 316 g/mol. The first kappa shape index (κ1) is 16.3. The van der Waals surface area contributed by atoms with E-state index in [-0.39, 0.29) is 23.5 Å². The summed E-state index contributed by atoms with van der Waals surface area (Å²) in [4.78, 5) is 22.6. The highest BCUT2D eigenvalue weighted by Crippen LogP contribution is 2.26. The van der Waals surface area contributed by atoms with Crippen molar-refractivity contribution in [3.05, 3.63) is 63.2 Å². The Morgan fingerprint density at radius 3 is 2.70 bits per heavy atom. The molecular formula is C16H16N2O5. The van der Waals surface area contributed by atoms with E-state index in [0.717, 1.165) is 0 Å². The lowest BCUT2D eigenvalue weighted by Crippen LogP contribution is -2.23. The summed E-state index contributed by atoms with van der Waals surface area (Å²) in [5.41, 5.74) is 1.14. The minimum Gasteiger partial charge on any atom is -0.504 e. The van der Waals surface area contributed by atoms with E-state index in [1.165, 1.54) is 38.3 Å². The maximum atomic E-state index is 12.2. The second-order valence-corrected chi connectivity index (χ2v) is 4.90. The highest BCUT2D eigenvalue weighted by Gasteiger charge is 2.17. The molecule has 0 spiro atoms. The van der Waals surface area contributed by atoms with Crippen LogP contribution in [0, 0.1) is 17.0 Å². The lowest BCUT2D eigenvalue weighted by Gasteiger charge is -2.09. The Balaban J connectivity index is 2.13. The average molecular weight is 316 g/mol. The molecule has 2 aromatic carbocycles. The summed E-state index contributed by atoms with van der Waals surface area (Å²) >= 11 is 0. The van der Waals surface area contributed by atoms with Gasteiger partial charge in [0, 0.05) is 23.7 Å². The minimum absolute atomic E-state index is 0.0224. The van der Waals surface area contributed by atoms with Gasteiger partial charge < -0.3 is 15.2 Å². The molecule has 1 amide bonds. The smallest absolute Gasteiger partial charge is 0.273 e. The molecule has 0 atom stereocenters. The van der Waals surface area contributed by atoms with Crippen LogP contribution in [0.1, 0.15) is 21.5 Å². The summed E-state index contributed by atoms with van der Waals surface area (Å²) in [6.07, 6.45) is 0.